The molecule has 2 fully saturated rings. The molecule has 1 saturated carbocycles. The van der Waals surface area contributed by atoms with Gasteiger partial charge in [0.1, 0.15) is 0 Å². The van der Waals surface area contributed by atoms with Crippen molar-refractivity contribution in [2.24, 2.45) is 0 Å². The second-order valence-corrected chi connectivity index (χ2v) is 3.57. The normalized spacial score (nSPS) is 30.1. The van der Waals surface area contributed by atoms with Gasteiger partial charge in [-0.1, -0.05) is 6.08 Å². The van der Waals surface area contributed by atoms with Gasteiger partial charge in [0.15, 0.2) is 5.79 Å². The maximum atomic E-state index is 8.87. The largest absolute Gasteiger partial charge is 0.392 e. The van der Waals surface area contributed by atoms with E-state index in [-0.39, 0.29) is 6.61 Å². The van der Waals surface area contributed by atoms with E-state index in [1.54, 1.807) is 0 Å². The quantitative estimate of drug-likeness (QED) is 0.623. The van der Waals surface area contributed by atoms with Crippen LogP contribution in [0.3, 0.4) is 0 Å². The Morgan fingerprint density at radius 1 is 1.31 bits per heavy atom. The van der Waals surface area contributed by atoms with Crippen LogP contribution in [0.25, 0.3) is 0 Å². The molecule has 1 saturated heterocycles. The Morgan fingerprint density at radius 3 is 2.77 bits per heavy atom. The number of ether oxygens (including phenoxy) is 2. The van der Waals surface area contributed by atoms with Crippen molar-refractivity contribution in [3.8, 4) is 0 Å². The van der Waals surface area contributed by atoms with E-state index in [1.165, 1.54) is 6.42 Å². The van der Waals surface area contributed by atoms with Crippen LogP contribution in [-0.2, 0) is 9.47 Å². The Kier molecular flexibility index (Phi) is 2.67. The van der Waals surface area contributed by atoms with Crippen LogP contribution in [0.5, 0.6) is 0 Å². The molecule has 0 aromatic heterocycles. The van der Waals surface area contributed by atoms with Gasteiger partial charge in [-0.05, 0) is 24.8 Å². The average Bonchev–Trinajstić information content (AvgIpc) is 2.59. The van der Waals surface area contributed by atoms with Gasteiger partial charge < -0.3 is 14.6 Å². The fourth-order valence-electron chi connectivity index (χ4n) is 2.18. The second-order valence-electron chi connectivity index (χ2n) is 3.57. The summed E-state index contributed by atoms with van der Waals surface area (Å²) >= 11 is 0. The van der Waals surface area contributed by atoms with Crippen molar-refractivity contribution < 1.29 is 14.6 Å². The highest BCUT2D eigenvalue weighted by atomic mass is 16.7. The molecule has 2 rings (SSSR count). The van der Waals surface area contributed by atoms with E-state index in [2.05, 4.69) is 0 Å². The van der Waals surface area contributed by atoms with Crippen LogP contribution in [0.4, 0.5) is 0 Å². The van der Waals surface area contributed by atoms with Gasteiger partial charge in [0.2, 0.25) is 0 Å². The van der Waals surface area contributed by atoms with Gasteiger partial charge in [0.25, 0.3) is 0 Å². The van der Waals surface area contributed by atoms with E-state index in [0.717, 1.165) is 24.8 Å². The lowest BCUT2D eigenvalue weighted by atomic mass is 9.88. The minimum atomic E-state index is -0.457. The summed E-state index contributed by atoms with van der Waals surface area (Å²) in [6.07, 6.45) is 6.12. The van der Waals surface area contributed by atoms with Crippen LogP contribution in [0.2, 0.25) is 0 Å². The summed E-state index contributed by atoms with van der Waals surface area (Å²) in [5.41, 5.74) is 1.14. The van der Waals surface area contributed by atoms with Crippen molar-refractivity contribution in [2.45, 2.75) is 31.5 Å². The van der Waals surface area contributed by atoms with Gasteiger partial charge in [-0.25, -0.2) is 0 Å². The standard InChI is InChI=1S/C10H16O3/c11-6-4-9-3-1-2-5-10(9)12-7-8-13-10/h4,11H,1-3,5-8H2. The Balaban J connectivity index is 2.16. The third-order valence-electron chi connectivity index (χ3n) is 2.78. The van der Waals surface area contributed by atoms with Crippen LogP contribution in [0.1, 0.15) is 25.7 Å². The molecule has 0 aromatic rings. The molecule has 1 spiro atoms. The lowest BCUT2D eigenvalue weighted by molar-refractivity contribution is -0.140. The number of aliphatic hydroxyl groups is 1. The highest BCUT2D eigenvalue weighted by Crippen LogP contribution is 2.39. The topological polar surface area (TPSA) is 38.7 Å². The van der Waals surface area contributed by atoms with Gasteiger partial charge in [-0.15, -0.1) is 0 Å². The predicted molar refractivity (Wildman–Crippen MR) is 48.3 cm³/mol. The van der Waals surface area contributed by atoms with E-state index < -0.39 is 5.79 Å². The van der Waals surface area contributed by atoms with Crippen LogP contribution in [0.15, 0.2) is 11.6 Å². The highest BCUT2D eigenvalue weighted by molar-refractivity contribution is 5.17. The van der Waals surface area contributed by atoms with Crippen LogP contribution in [-0.4, -0.2) is 30.7 Å². The van der Waals surface area contributed by atoms with Crippen LogP contribution < -0.4 is 0 Å². The van der Waals surface area contributed by atoms with Gasteiger partial charge in [0, 0.05) is 6.42 Å². The minimum absolute atomic E-state index is 0.0871. The first-order chi connectivity index (χ1) is 6.37. The monoisotopic (exact) mass is 184 g/mol. The second kappa shape index (κ2) is 3.78. The van der Waals surface area contributed by atoms with Crippen LogP contribution >= 0.6 is 0 Å². The fraction of sp³-hybridized carbons (Fsp3) is 0.800. The summed E-state index contributed by atoms with van der Waals surface area (Å²) in [7, 11) is 0. The molecule has 0 unspecified atom stereocenters. The molecule has 3 heteroatoms. The average molecular weight is 184 g/mol. The molecule has 0 atom stereocenters. The van der Waals surface area contributed by atoms with Crippen LogP contribution in [0, 0.1) is 0 Å². The molecule has 13 heavy (non-hydrogen) atoms. The molecule has 74 valence electrons. The Hall–Kier alpha value is -0.380. The van der Waals surface area contributed by atoms with Gasteiger partial charge in [-0.3, -0.25) is 0 Å². The SMILES string of the molecule is OCC=C1CCCCC12OCCO2. The van der Waals surface area contributed by atoms with Crippen molar-refractivity contribution >= 4 is 0 Å². The fourth-order valence-corrected chi connectivity index (χ4v) is 2.18. The predicted octanol–water partition coefficient (Wildman–Crippen LogP) is 1.22. The first-order valence-electron chi connectivity index (χ1n) is 4.96. The van der Waals surface area contributed by atoms with Crippen molar-refractivity contribution in [2.75, 3.05) is 19.8 Å². The molecular weight excluding hydrogens is 168 g/mol. The first kappa shape index (κ1) is 9.19. The van der Waals surface area contributed by atoms with E-state index in [9.17, 15) is 0 Å². The maximum absolute atomic E-state index is 8.87. The molecule has 3 nitrogen and oxygen atoms in total. The molecule has 1 aliphatic heterocycles. The molecule has 1 N–H and O–H groups in total. The summed E-state index contributed by atoms with van der Waals surface area (Å²) in [6.45, 7) is 1.45. The van der Waals surface area contributed by atoms with E-state index >= 15 is 0 Å². The van der Waals surface area contributed by atoms with Crippen molar-refractivity contribution in [3.05, 3.63) is 11.6 Å². The van der Waals surface area contributed by atoms with Crippen molar-refractivity contribution in [1.82, 2.24) is 0 Å². The summed E-state index contributed by atoms with van der Waals surface area (Å²) in [6, 6.07) is 0. The number of aliphatic hydroxyl groups excluding tert-OH is 1. The third-order valence-corrected chi connectivity index (χ3v) is 2.78. The molecule has 2 aliphatic rings. The first-order valence-corrected chi connectivity index (χ1v) is 4.96. The zero-order valence-electron chi connectivity index (χ0n) is 7.79. The van der Waals surface area contributed by atoms with Crippen molar-refractivity contribution in [1.29, 1.82) is 0 Å². The van der Waals surface area contributed by atoms with Gasteiger partial charge in [0.05, 0.1) is 19.8 Å². The van der Waals surface area contributed by atoms with Gasteiger partial charge in [-0.2, -0.15) is 0 Å². The minimum Gasteiger partial charge on any atom is -0.392 e. The van der Waals surface area contributed by atoms with Gasteiger partial charge >= 0.3 is 0 Å². The lowest BCUT2D eigenvalue weighted by Gasteiger charge is -2.34. The maximum Gasteiger partial charge on any atom is 0.191 e. The molecule has 1 heterocycles. The Labute approximate surface area is 78.3 Å². The van der Waals surface area contributed by atoms with E-state index in [0.29, 0.717) is 13.2 Å². The zero-order valence-corrected chi connectivity index (χ0v) is 7.79. The molecule has 0 aromatic carbocycles. The molecule has 0 bridgehead atoms. The molecule has 1 aliphatic carbocycles. The molecule has 0 radical (unpaired) electrons. The Morgan fingerprint density at radius 2 is 2.08 bits per heavy atom. The van der Waals surface area contributed by atoms with E-state index in [4.69, 9.17) is 14.6 Å². The lowest BCUT2D eigenvalue weighted by Crippen LogP contribution is -2.35. The molecule has 0 amide bonds. The molecular formula is C10H16O3. The number of rotatable bonds is 1. The summed E-state index contributed by atoms with van der Waals surface area (Å²) < 4.78 is 11.3. The summed E-state index contributed by atoms with van der Waals surface area (Å²) in [4.78, 5) is 0. The smallest absolute Gasteiger partial charge is 0.191 e. The van der Waals surface area contributed by atoms with E-state index in [1.807, 2.05) is 6.08 Å². The zero-order chi connectivity index (χ0) is 9.15. The number of hydrogen-bond donors (Lipinski definition) is 1. The highest BCUT2D eigenvalue weighted by Gasteiger charge is 2.41. The summed E-state index contributed by atoms with van der Waals surface area (Å²) in [5.74, 6) is -0.457. The van der Waals surface area contributed by atoms with Crippen molar-refractivity contribution in [3.63, 3.8) is 0 Å². The Bertz CT molecular complexity index is 204. The third kappa shape index (κ3) is 1.64. The number of hydrogen-bond acceptors (Lipinski definition) is 3. The summed E-state index contributed by atoms with van der Waals surface area (Å²) in [5, 5.41) is 8.87.